The van der Waals surface area contributed by atoms with E-state index >= 15 is 0 Å². The summed E-state index contributed by atoms with van der Waals surface area (Å²) in [5.41, 5.74) is 1.80. The number of aromatic nitrogens is 1. The van der Waals surface area contributed by atoms with Gasteiger partial charge in [-0.1, -0.05) is 18.2 Å². The topological polar surface area (TPSA) is 57.7 Å². The molecule has 1 N–H and O–H groups in total. The minimum absolute atomic E-state index is 0.0443. The van der Waals surface area contributed by atoms with Gasteiger partial charge in [-0.05, 0) is 76.7 Å². The molecule has 2 aromatic carbocycles. The van der Waals surface area contributed by atoms with Gasteiger partial charge in [0.05, 0.1) is 13.3 Å². The third-order valence-corrected chi connectivity index (χ3v) is 6.37. The number of pyridine rings is 1. The van der Waals surface area contributed by atoms with Gasteiger partial charge in [0.25, 0.3) is 5.91 Å². The summed E-state index contributed by atoms with van der Waals surface area (Å²) in [5, 5.41) is 3.42. The van der Waals surface area contributed by atoms with Crippen LogP contribution < -0.4 is 15.0 Å². The smallest absolute Gasteiger partial charge is 0.260 e. The SMILES string of the molecule is COc1ccc(CC(N2CCNCC2)N(C(=O)c2ccc(I)cc2)c2ccccn2)cc1. The van der Waals surface area contributed by atoms with E-state index in [1.165, 1.54) is 0 Å². The molecular weight excluding hydrogens is 515 g/mol. The Labute approximate surface area is 202 Å². The molecule has 1 saturated heterocycles. The molecule has 0 saturated carbocycles. The average molecular weight is 542 g/mol. The monoisotopic (exact) mass is 542 g/mol. The second-order valence-corrected chi connectivity index (χ2v) is 8.93. The standard InChI is InChI=1S/C25H27IN4O2/c1-32-22-11-5-19(6-12-22)18-24(29-16-14-27-15-17-29)30(23-4-2-3-13-28-23)25(31)20-7-9-21(26)10-8-20/h2-13,24,27H,14-18H2,1H3. The molecule has 1 fully saturated rings. The number of benzene rings is 2. The molecule has 2 heterocycles. The molecule has 1 aromatic heterocycles. The Bertz CT molecular complexity index is 1010. The number of hydrogen-bond acceptors (Lipinski definition) is 5. The first-order chi connectivity index (χ1) is 15.7. The molecule has 1 amide bonds. The largest absolute Gasteiger partial charge is 0.497 e. The zero-order valence-electron chi connectivity index (χ0n) is 18.1. The summed E-state index contributed by atoms with van der Waals surface area (Å²) in [6.07, 6.45) is 2.27. The number of hydrogen-bond donors (Lipinski definition) is 1. The number of ether oxygens (including phenoxy) is 1. The Morgan fingerprint density at radius 1 is 1.09 bits per heavy atom. The van der Waals surface area contributed by atoms with E-state index in [4.69, 9.17) is 4.74 Å². The van der Waals surface area contributed by atoms with Gasteiger partial charge in [0.1, 0.15) is 11.6 Å². The van der Waals surface area contributed by atoms with Crippen LogP contribution in [0.2, 0.25) is 0 Å². The van der Waals surface area contributed by atoms with Crippen molar-refractivity contribution in [3.63, 3.8) is 0 Å². The second-order valence-electron chi connectivity index (χ2n) is 7.69. The van der Waals surface area contributed by atoms with Crippen molar-refractivity contribution in [2.75, 3.05) is 38.2 Å². The molecule has 1 aliphatic heterocycles. The molecular formula is C25H27IN4O2. The van der Waals surface area contributed by atoms with Gasteiger partial charge in [0, 0.05) is 47.9 Å². The number of carbonyl (C=O) groups excluding carboxylic acids is 1. The maximum absolute atomic E-state index is 13.9. The number of methoxy groups -OCH3 is 1. The van der Waals surface area contributed by atoms with Crippen molar-refractivity contribution in [1.82, 2.24) is 15.2 Å². The van der Waals surface area contributed by atoms with Crippen molar-refractivity contribution in [3.05, 3.63) is 87.6 Å². The summed E-state index contributed by atoms with van der Waals surface area (Å²) < 4.78 is 6.42. The molecule has 1 unspecified atom stereocenters. The van der Waals surface area contributed by atoms with Crippen LogP contribution in [-0.4, -0.2) is 55.2 Å². The van der Waals surface area contributed by atoms with Crippen molar-refractivity contribution in [2.24, 2.45) is 0 Å². The van der Waals surface area contributed by atoms with E-state index in [0.29, 0.717) is 17.8 Å². The Morgan fingerprint density at radius 2 is 1.81 bits per heavy atom. The highest BCUT2D eigenvalue weighted by Crippen LogP contribution is 2.24. The van der Waals surface area contributed by atoms with Crippen molar-refractivity contribution in [1.29, 1.82) is 0 Å². The summed E-state index contributed by atoms with van der Waals surface area (Å²) in [6.45, 7) is 3.52. The zero-order valence-corrected chi connectivity index (χ0v) is 20.2. The molecule has 1 atom stereocenters. The summed E-state index contributed by atoms with van der Waals surface area (Å²) in [6, 6.07) is 21.5. The highest BCUT2D eigenvalue weighted by Gasteiger charge is 2.32. The zero-order chi connectivity index (χ0) is 22.3. The van der Waals surface area contributed by atoms with Crippen LogP contribution in [0.4, 0.5) is 5.82 Å². The first kappa shape index (κ1) is 22.7. The Hall–Kier alpha value is -2.49. The van der Waals surface area contributed by atoms with Crippen LogP contribution in [0, 0.1) is 3.57 Å². The van der Waals surface area contributed by atoms with Gasteiger partial charge in [-0.2, -0.15) is 0 Å². The van der Waals surface area contributed by atoms with Crippen molar-refractivity contribution < 1.29 is 9.53 Å². The Kier molecular flexibility index (Phi) is 7.72. The minimum atomic E-state index is -0.160. The van der Waals surface area contributed by atoms with E-state index in [1.54, 1.807) is 13.3 Å². The molecule has 32 heavy (non-hydrogen) atoms. The molecule has 166 valence electrons. The first-order valence-corrected chi connectivity index (χ1v) is 11.8. The third kappa shape index (κ3) is 5.46. The Balaban J connectivity index is 1.74. The van der Waals surface area contributed by atoms with E-state index < -0.39 is 0 Å². The lowest BCUT2D eigenvalue weighted by Gasteiger charge is -2.41. The maximum Gasteiger partial charge on any atom is 0.260 e. The van der Waals surface area contributed by atoms with Gasteiger partial charge in [-0.25, -0.2) is 4.98 Å². The molecule has 0 bridgehead atoms. The highest BCUT2D eigenvalue weighted by atomic mass is 127. The molecule has 0 radical (unpaired) electrons. The predicted octanol–water partition coefficient (Wildman–Crippen LogP) is 3.82. The molecule has 3 aromatic rings. The number of nitrogens with one attached hydrogen (secondary N) is 1. The average Bonchev–Trinajstić information content (AvgIpc) is 2.85. The molecule has 0 spiro atoms. The van der Waals surface area contributed by atoms with Crippen LogP contribution in [0.15, 0.2) is 72.9 Å². The van der Waals surface area contributed by atoms with E-state index in [1.807, 2.05) is 59.5 Å². The van der Waals surface area contributed by atoms with Crippen molar-refractivity contribution in [3.8, 4) is 5.75 Å². The molecule has 4 rings (SSSR count). The lowest BCUT2D eigenvalue weighted by atomic mass is 10.1. The number of halogens is 1. The summed E-state index contributed by atoms with van der Waals surface area (Å²) in [7, 11) is 1.67. The normalized spacial score (nSPS) is 15.2. The maximum atomic E-state index is 13.9. The van der Waals surface area contributed by atoms with Gasteiger partial charge in [-0.3, -0.25) is 14.6 Å². The third-order valence-electron chi connectivity index (χ3n) is 5.65. The lowest BCUT2D eigenvalue weighted by molar-refractivity contribution is 0.0907. The molecule has 6 nitrogen and oxygen atoms in total. The Morgan fingerprint density at radius 3 is 2.44 bits per heavy atom. The predicted molar refractivity (Wildman–Crippen MR) is 135 cm³/mol. The number of carbonyl (C=O) groups is 1. The number of amides is 1. The summed E-state index contributed by atoms with van der Waals surface area (Å²) in [5.74, 6) is 1.44. The van der Waals surface area contributed by atoms with Crippen LogP contribution in [0.5, 0.6) is 5.75 Å². The van der Waals surface area contributed by atoms with Gasteiger partial charge in [-0.15, -0.1) is 0 Å². The summed E-state index contributed by atoms with van der Waals surface area (Å²) >= 11 is 2.26. The molecule has 0 aliphatic carbocycles. The van der Waals surface area contributed by atoms with Crippen LogP contribution in [-0.2, 0) is 6.42 Å². The van der Waals surface area contributed by atoms with Crippen molar-refractivity contribution >= 4 is 34.3 Å². The van der Waals surface area contributed by atoms with E-state index in [0.717, 1.165) is 41.1 Å². The first-order valence-electron chi connectivity index (χ1n) is 10.7. The lowest BCUT2D eigenvalue weighted by Crippen LogP contribution is -2.58. The summed E-state index contributed by atoms with van der Waals surface area (Å²) in [4.78, 5) is 22.7. The number of rotatable bonds is 7. The fraction of sp³-hybridized carbons (Fsp3) is 0.280. The van der Waals surface area contributed by atoms with Gasteiger partial charge in [0.2, 0.25) is 0 Å². The number of piperazine rings is 1. The molecule has 1 aliphatic rings. The fourth-order valence-electron chi connectivity index (χ4n) is 3.96. The van der Waals surface area contributed by atoms with Crippen molar-refractivity contribution in [2.45, 2.75) is 12.6 Å². The van der Waals surface area contributed by atoms with Crippen LogP contribution in [0.25, 0.3) is 0 Å². The fourth-order valence-corrected chi connectivity index (χ4v) is 4.32. The number of anilines is 1. The number of nitrogens with zero attached hydrogens (tertiary/aromatic N) is 3. The van der Waals surface area contributed by atoms with Gasteiger partial charge >= 0.3 is 0 Å². The van der Waals surface area contributed by atoms with Gasteiger partial charge < -0.3 is 10.1 Å². The van der Waals surface area contributed by atoms with Gasteiger partial charge in [0.15, 0.2) is 0 Å². The van der Waals surface area contributed by atoms with Crippen LogP contribution in [0.1, 0.15) is 15.9 Å². The van der Waals surface area contributed by atoms with E-state index in [2.05, 4.69) is 49.9 Å². The van der Waals surface area contributed by atoms with Crippen LogP contribution in [0.3, 0.4) is 0 Å². The highest BCUT2D eigenvalue weighted by molar-refractivity contribution is 14.1. The second kappa shape index (κ2) is 10.9. The minimum Gasteiger partial charge on any atom is -0.497 e. The molecule has 7 heteroatoms. The van der Waals surface area contributed by atoms with E-state index in [9.17, 15) is 4.79 Å². The quantitative estimate of drug-likeness (QED) is 0.461. The van der Waals surface area contributed by atoms with E-state index in [-0.39, 0.29) is 12.1 Å². The van der Waals surface area contributed by atoms with Crippen LogP contribution >= 0.6 is 22.6 Å².